The van der Waals surface area contributed by atoms with Crippen LogP contribution >= 0.6 is 11.3 Å². The summed E-state index contributed by atoms with van der Waals surface area (Å²) in [6, 6.07) is 0.0681. The first-order valence-electron chi connectivity index (χ1n) is 5.36. The Bertz CT molecular complexity index is 325. The van der Waals surface area contributed by atoms with Gasteiger partial charge in [0.2, 0.25) is 0 Å². The highest BCUT2D eigenvalue weighted by Gasteiger charge is 2.20. The van der Waals surface area contributed by atoms with Crippen LogP contribution in [0.1, 0.15) is 31.8 Å². The Labute approximate surface area is 99.9 Å². The van der Waals surface area contributed by atoms with Crippen molar-refractivity contribution in [1.82, 2.24) is 9.88 Å². The van der Waals surface area contributed by atoms with Gasteiger partial charge < -0.3 is 5.11 Å². The number of hydrogen-bond donors (Lipinski definition) is 1. The molecule has 1 aromatic heterocycles. The Kier molecular flexibility index (Phi) is 4.89. The molecule has 0 aliphatic rings. The van der Waals surface area contributed by atoms with Crippen molar-refractivity contribution in [2.45, 2.75) is 26.8 Å². The smallest absolute Gasteiger partial charge is 0.317 e. The van der Waals surface area contributed by atoms with Gasteiger partial charge in [-0.3, -0.25) is 9.69 Å². The number of rotatable bonds is 6. The van der Waals surface area contributed by atoms with E-state index in [0.717, 1.165) is 11.6 Å². The summed E-state index contributed by atoms with van der Waals surface area (Å²) in [5.74, 6) is -0.342. The quantitative estimate of drug-likeness (QED) is 0.831. The van der Waals surface area contributed by atoms with Crippen LogP contribution in [-0.2, 0) is 4.79 Å². The minimum absolute atomic E-state index is 0.0681. The third-order valence-electron chi connectivity index (χ3n) is 2.29. The lowest BCUT2D eigenvalue weighted by molar-refractivity contribution is -0.139. The molecule has 0 aliphatic carbocycles. The van der Waals surface area contributed by atoms with E-state index in [4.69, 9.17) is 5.11 Å². The van der Waals surface area contributed by atoms with Gasteiger partial charge in [-0.1, -0.05) is 13.8 Å². The molecule has 4 nitrogen and oxygen atoms in total. The Morgan fingerprint density at radius 1 is 1.56 bits per heavy atom. The summed E-state index contributed by atoms with van der Waals surface area (Å²) in [5, 5.41) is 11.8. The zero-order valence-corrected chi connectivity index (χ0v) is 10.7. The number of aliphatic carboxylic acids is 1. The third kappa shape index (κ3) is 3.90. The average Bonchev–Trinajstić information content (AvgIpc) is 2.66. The molecule has 16 heavy (non-hydrogen) atoms. The second kappa shape index (κ2) is 5.96. The molecule has 0 saturated carbocycles. The van der Waals surface area contributed by atoms with E-state index in [2.05, 4.69) is 18.8 Å². The van der Waals surface area contributed by atoms with Gasteiger partial charge in [-0.05, 0) is 12.8 Å². The molecule has 5 heteroatoms. The second-order valence-corrected chi connectivity index (χ2v) is 5.19. The van der Waals surface area contributed by atoms with Crippen molar-refractivity contribution in [2.75, 3.05) is 13.1 Å². The van der Waals surface area contributed by atoms with Crippen LogP contribution in [0, 0.1) is 5.92 Å². The Morgan fingerprint density at radius 2 is 2.25 bits per heavy atom. The van der Waals surface area contributed by atoms with E-state index in [0.29, 0.717) is 5.92 Å². The predicted molar refractivity (Wildman–Crippen MR) is 64.6 cm³/mol. The monoisotopic (exact) mass is 242 g/mol. The molecule has 1 aromatic rings. The molecule has 0 amide bonds. The van der Waals surface area contributed by atoms with Crippen LogP contribution in [0.3, 0.4) is 0 Å². The molecule has 1 heterocycles. The molecule has 1 atom stereocenters. The van der Waals surface area contributed by atoms with E-state index in [1.807, 2.05) is 17.2 Å². The Balaban J connectivity index is 2.71. The van der Waals surface area contributed by atoms with Crippen molar-refractivity contribution >= 4 is 17.3 Å². The molecular formula is C11H18N2O2S. The minimum Gasteiger partial charge on any atom is -0.480 e. The summed E-state index contributed by atoms with van der Waals surface area (Å²) in [6.45, 7) is 7.02. The van der Waals surface area contributed by atoms with Crippen LogP contribution in [0.25, 0.3) is 0 Å². The summed E-state index contributed by atoms with van der Waals surface area (Å²) in [4.78, 5) is 17.0. The lowest BCUT2D eigenvalue weighted by Crippen LogP contribution is -2.35. The highest BCUT2D eigenvalue weighted by molar-refractivity contribution is 7.09. The summed E-state index contributed by atoms with van der Waals surface area (Å²) >= 11 is 1.57. The highest BCUT2D eigenvalue weighted by atomic mass is 32.1. The first-order valence-corrected chi connectivity index (χ1v) is 6.24. The molecule has 0 bridgehead atoms. The first-order chi connectivity index (χ1) is 7.50. The van der Waals surface area contributed by atoms with Crippen molar-refractivity contribution in [1.29, 1.82) is 0 Å². The number of carbonyl (C=O) groups is 1. The van der Waals surface area contributed by atoms with Gasteiger partial charge in [0, 0.05) is 18.1 Å². The van der Waals surface area contributed by atoms with E-state index < -0.39 is 5.97 Å². The van der Waals surface area contributed by atoms with Crippen molar-refractivity contribution < 1.29 is 9.90 Å². The van der Waals surface area contributed by atoms with Gasteiger partial charge in [-0.25, -0.2) is 4.98 Å². The number of hydrogen-bond acceptors (Lipinski definition) is 4. The lowest BCUT2D eigenvalue weighted by atomic mass is 10.1. The van der Waals surface area contributed by atoms with E-state index in [9.17, 15) is 4.79 Å². The zero-order chi connectivity index (χ0) is 12.1. The molecule has 0 spiro atoms. The number of carboxylic acids is 1. The average molecular weight is 242 g/mol. The minimum atomic E-state index is -0.788. The topological polar surface area (TPSA) is 53.4 Å². The highest BCUT2D eigenvalue weighted by Crippen LogP contribution is 2.22. The van der Waals surface area contributed by atoms with Crippen LogP contribution in [0.2, 0.25) is 0 Å². The number of nitrogens with zero attached hydrogens (tertiary/aromatic N) is 2. The number of thiazole rings is 1. The lowest BCUT2D eigenvalue weighted by Gasteiger charge is -2.27. The summed E-state index contributed by atoms with van der Waals surface area (Å²) in [7, 11) is 0. The maximum Gasteiger partial charge on any atom is 0.317 e. The van der Waals surface area contributed by atoms with Crippen LogP contribution in [-0.4, -0.2) is 34.0 Å². The zero-order valence-electron chi connectivity index (χ0n) is 9.88. The number of carboxylic acid groups (broad SMARTS) is 1. The Hall–Kier alpha value is -0.940. The van der Waals surface area contributed by atoms with E-state index >= 15 is 0 Å². The van der Waals surface area contributed by atoms with E-state index in [1.165, 1.54) is 0 Å². The molecule has 1 unspecified atom stereocenters. The van der Waals surface area contributed by atoms with Crippen molar-refractivity contribution in [3.63, 3.8) is 0 Å². The van der Waals surface area contributed by atoms with Gasteiger partial charge in [0.1, 0.15) is 5.01 Å². The fourth-order valence-electron chi connectivity index (χ4n) is 1.60. The SMILES string of the molecule is CC(C)CN(CC(=O)O)C(C)c1nccs1. The fourth-order valence-corrected chi connectivity index (χ4v) is 2.33. The van der Waals surface area contributed by atoms with Crippen molar-refractivity contribution in [3.8, 4) is 0 Å². The molecule has 90 valence electrons. The largest absolute Gasteiger partial charge is 0.480 e. The molecule has 1 rings (SSSR count). The van der Waals surface area contributed by atoms with Crippen LogP contribution < -0.4 is 0 Å². The van der Waals surface area contributed by atoms with Gasteiger partial charge in [-0.15, -0.1) is 11.3 Å². The van der Waals surface area contributed by atoms with Crippen molar-refractivity contribution in [2.24, 2.45) is 5.92 Å². The molecule has 1 N–H and O–H groups in total. The van der Waals surface area contributed by atoms with Gasteiger partial charge in [-0.2, -0.15) is 0 Å². The molecule has 0 fully saturated rings. The third-order valence-corrected chi connectivity index (χ3v) is 3.24. The summed E-state index contributed by atoms with van der Waals surface area (Å²) in [6.07, 6.45) is 1.75. The van der Waals surface area contributed by atoms with Gasteiger partial charge in [0.25, 0.3) is 0 Å². The molecular weight excluding hydrogens is 224 g/mol. The van der Waals surface area contributed by atoms with Gasteiger partial charge in [0.05, 0.1) is 12.6 Å². The molecule has 0 aromatic carbocycles. The second-order valence-electron chi connectivity index (χ2n) is 4.26. The van der Waals surface area contributed by atoms with Gasteiger partial charge in [0.15, 0.2) is 0 Å². The number of aromatic nitrogens is 1. The normalized spacial score (nSPS) is 13.3. The van der Waals surface area contributed by atoms with Crippen molar-refractivity contribution in [3.05, 3.63) is 16.6 Å². The molecule has 0 aliphatic heterocycles. The van der Waals surface area contributed by atoms with Gasteiger partial charge >= 0.3 is 5.97 Å². The van der Waals surface area contributed by atoms with Crippen LogP contribution in [0.4, 0.5) is 0 Å². The first kappa shape index (κ1) is 13.1. The van der Waals surface area contributed by atoms with Crippen LogP contribution in [0.5, 0.6) is 0 Å². The van der Waals surface area contributed by atoms with Crippen LogP contribution in [0.15, 0.2) is 11.6 Å². The summed E-state index contributed by atoms with van der Waals surface area (Å²) in [5.41, 5.74) is 0. The fraction of sp³-hybridized carbons (Fsp3) is 0.636. The standard InChI is InChI=1S/C11H18N2O2S/c1-8(2)6-13(7-10(14)15)9(3)11-12-4-5-16-11/h4-5,8-9H,6-7H2,1-3H3,(H,14,15). The van der Waals surface area contributed by atoms with E-state index in [1.54, 1.807) is 17.5 Å². The maximum atomic E-state index is 10.8. The van der Waals surface area contributed by atoms with E-state index in [-0.39, 0.29) is 12.6 Å². The Morgan fingerprint density at radius 3 is 2.69 bits per heavy atom. The summed E-state index contributed by atoms with van der Waals surface area (Å²) < 4.78 is 0. The molecule has 0 radical (unpaired) electrons. The predicted octanol–water partition coefficient (Wildman–Crippen LogP) is 2.25. The molecule has 0 saturated heterocycles. The maximum absolute atomic E-state index is 10.8.